The van der Waals surface area contributed by atoms with Gasteiger partial charge in [-0.15, -0.1) is 0 Å². The number of nitrogens with one attached hydrogen (secondary N) is 1. The second-order valence-corrected chi connectivity index (χ2v) is 6.40. The molecule has 148 valence electrons. The number of amides is 2. The molecule has 2 rings (SSSR count). The van der Waals surface area contributed by atoms with Crippen LogP contribution in [0.1, 0.15) is 19.3 Å². The zero-order valence-corrected chi connectivity index (χ0v) is 13.5. The molecular weight excluding hydrogens is 369 g/mol. The van der Waals surface area contributed by atoms with Crippen molar-refractivity contribution in [1.29, 1.82) is 0 Å². The lowest BCUT2D eigenvalue weighted by Gasteiger charge is -2.41. The van der Waals surface area contributed by atoms with Gasteiger partial charge in [-0.2, -0.15) is 13.2 Å². The zero-order valence-electron chi connectivity index (χ0n) is 13.5. The number of ether oxygens (including phenoxy) is 1. The summed E-state index contributed by atoms with van der Waals surface area (Å²) in [5, 5.41) is 2.55. The molecule has 12 heteroatoms. The lowest BCUT2D eigenvalue weighted by molar-refractivity contribution is -0.210. The Hall–Kier alpha value is -1.98. The Balaban J connectivity index is 2.09. The van der Waals surface area contributed by atoms with Crippen molar-refractivity contribution in [2.75, 3.05) is 19.6 Å². The first-order chi connectivity index (χ1) is 11.9. The lowest BCUT2D eigenvalue weighted by atomic mass is 9.89. The van der Waals surface area contributed by atoms with E-state index in [-0.39, 0.29) is 12.3 Å². The number of esters is 1. The Morgan fingerprint density at radius 1 is 1.35 bits per heavy atom. The van der Waals surface area contributed by atoms with Gasteiger partial charge < -0.3 is 20.7 Å². The van der Waals surface area contributed by atoms with Crippen molar-refractivity contribution >= 4 is 17.8 Å². The second kappa shape index (κ2) is 7.33. The predicted octanol–water partition coefficient (Wildman–Crippen LogP) is 0.182. The minimum absolute atomic E-state index is 0.225. The Morgan fingerprint density at radius 3 is 2.46 bits per heavy atom. The first-order valence-electron chi connectivity index (χ1n) is 7.88. The SMILES string of the molecule is N[C@@H](C[C@@H]1CCCNC1=O)C(OC(=O)C(F)(F)F)C(=O)N1CC(F)(F)C1. The van der Waals surface area contributed by atoms with Crippen LogP contribution < -0.4 is 11.1 Å². The van der Waals surface area contributed by atoms with Gasteiger partial charge in [0.2, 0.25) is 5.91 Å². The van der Waals surface area contributed by atoms with E-state index >= 15 is 0 Å². The highest BCUT2D eigenvalue weighted by Gasteiger charge is 2.51. The van der Waals surface area contributed by atoms with Crippen LogP contribution in [0.25, 0.3) is 0 Å². The van der Waals surface area contributed by atoms with E-state index in [9.17, 15) is 36.3 Å². The monoisotopic (exact) mass is 387 g/mol. The first-order valence-corrected chi connectivity index (χ1v) is 7.88. The number of alkyl halides is 5. The van der Waals surface area contributed by atoms with E-state index < -0.39 is 55.1 Å². The number of hydrogen-bond donors (Lipinski definition) is 2. The summed E-state index contributed by atoms with van der Waals surface area (Å²) < 4.78 is 67.4. The van der Waals surface area contributed by atoms with E-state index in [0.29, 0.717) is 24.3 Å². The van der Waals surface area contributed by atoms with Crippen LogP contribution in [0.5, 0.6) is 0 Å². The largest absolute Gasteiger partial charge is 0.490 e. The van der Waals surface area contributed by atoms with Gasteiger partial charge in [0.1, 0.15) is 0 Å². The van der Waals surface area contributed by atoms with Crippen molar-refractivity contribution in [3.8, 4) is 0 Å². The fourth-order valence-corrected chi connectivity index (χ4v) is 2.86. The van der Waals surface area contributed by atoms with Crippen molar-refractivity contribution in [2.45, 2.75) is 43.5 Å². The summed E-state index contributed by atoms with van der Waals surface area (Å²) in [6.07, 6.45) is -6.69. The van der Waals surface area contributed by atoms with E-state index in [2.05, 4.69) is 10.1 Å². The van der Waals surface area contributed by atoms with Crippen LogP contribution in [-0.2, 0) is 19.1 Å². The third kappa shape index (κ3) is 4.80. The normalized spacial score (nSPS) is 24.9. The Labute approximate surface area is 145 Å². The summed E-state index contributed by atoms with van der Waals surface area (Å²) in [6.45, 7) is -1.55. The lowest BCUT2D eigenvalue weighted by Crippen LogP contribution is -2.63. The van der Waals surface area contributed by atoms with Crippen molar-refractivity contribution in [3.05, 3.63) is 0 Å². The molecule has 1 unspecified atom stereocenters. The molecule has 2 aliphatic heterocycles. The third-order valence-electron chi connectivity index (χ3n) is 4.21. The highest BCUT2D eigenvalue weighted by atomic mass is 19.4. The quantitative estimate of drug-likeness (QED) is 0.518. The molecule has 2 amide bonds. The molecule has 0 aromatic carbocycles. The van der Waals surface area contributed by atoms with Crippen molar-refractivity contribution in [3.63, 3.8) is 0 Å². The van der Waals surface area contributed by atoms with E-state index in [4.69, 9.17) is 5.73 Å². The minimum Gasteiger partial charge on any atom is -0.444 e. The van der Waals surface area contributed by atoms with Crippen LogP contribution in [0.4, 0.5) is 22.0 Å². The molecule has 2 heterocycles. The first kappa shape index (κ1) is 20.3. The van der Waals surface area contributed by atoms with Gasteiger partial charge in [0.25, 0.3) is 11.8 Å². The number of hydrogen-bond acceptors (Lipinski definition) is 5. The van der Waals surface area contributed by atoms with Crippen LogP contribution in [0.15, 0.2) is 0 Å². The fraction of sp³-hybridized carbons (Fsp3) is 0.786. The van der Waals surface area contributed by atoms with Gasteiger partial charge in [0.15, 0.2) is 6.10 Å². The van der Waals surface area contributed by atoms with Crippen LogP contribution >= 0.6 is 0 Å². The molecule has 0 saturated carbocycles. The average Bonchev–Trinajstić information content (AvgIpc) is 2.50. The van der Waals surface area contributed by atoms with Crippen molar-refractivity contribution < 1.29 is 41.1 Å². The predicted molar refractivity (Wildman–Crippen MR) is 75.8 cm³/mol. The molecule has 0 aliphatic carbocycles. The molecule has 2 saturated heterocycles. The molecule has 7 nitrogen and oxygen atoms in total. The number of piperidine rings is 1. The molecule has 0 radical (unpaired) electrons. The zero-order chi connectivity index (χ0) is 19.7. The number of nitrogens with zero attached hydrogens (tertiary/aromatic N) is 1. The van der Waals surface area contributed by atoms with Gasteiger partial charge in [-0.05, 0) is 19.3 Å². The Morgan fingerprint density at radius 2 is 1.96 bits per heavy atom. The molecule has 2 fully saturated rings. The van der Waals surface area contributed by atoms with Gasteiger partial charge >= 0.3 is 12.1 Å². The number of halogens is 5. The number of carbonyl (C=O) groups excluding carboxylic acids is 3. The number of likely N-dealkylation sites (tertiary alicyclic amines) is 1. The van der Waals surface area contributed by atoms with Crippen LogP contribution in [-0.4, -0.2) is 66.6 Å². The molecule has 26 heavy (non-hydrogen) atoms. The standard InChI is InChI=1S/C14H18F5N3O4/c15-13(16)5-22(6-13)11(24)9(26-12(25)14(17,18)19)8(20)4-7-2-1-3-21-10(7)23/h7-9H,1-6,20H2,(H,21,23)/t7-,8-,9?/m0/s1. The van der Waals surface area contributed by atoms with Crippen LogP contribution in [0, 0.1) is 5.92 Å². The van der Waals surface area contributed by atoms with E-state index in [1.54, 1.807) is 0 Å². The maximum Gasteiger partial charge on any atom is 0.490 e. The smallest absolute Gasteiger partial charge is 0.444 e. The van der Waals surface area contributed by atoms with E-state index in [0.717, 1.165) is 0 Å². The van der Waals surface area contributed by atoms with Gasteiger partial charge in [0, 0.05) is 12.5 Å². The van der Waals surface area contributed by atoms with E-state index in [1.165, 1.54) is 0 Å². The molecule has 0 bridgehead atoms. The Kier molecular flexibility index (Phi) is 5.73. The molecular formula is C14H18F5N3O4. The summed E-state index contributed by atoms with van der Waals surface area (Å²) in [6, 6.07) is -1.45. The molecule has 3 atom stereocenters. The Bertz CT molecular complexity index is 575. The van der Waals surface area contributed by atoms with Gasteiger partial charge in [-0.1, -0.05) is 0 Å². The number of rotatable bonds is 5. The molecule has 0 aromatic heterocycles. The van der Waals surface area contributed by atoms with Crippen LogP contribution in [0.2, 0.25) is 0 Å². The number of carbonyl (C=O) groups is 3. The third-order valence-corrected chi connectivity index (χ3v) is 4.21. The van der Waals surface area contributed by atoms with Crippen molar-refractivity contribution in [1.82, 2.24) is 10.2 Å². The van der Waals surface area contributed by atoms with Gasteiger partial charge in [-0.25, -0.2) is 13.6 Å². The summed E-state index contributed by atoms with van der Waals surface area (Å²) in [5.74, 6) is -8.09. The summed E-state index contributed by atoms with van der Waals surface area (Å²) in [7, 11) is 0. The topological polar surface area (TPSA) is 102 Å². The van der Waals surface area contributed by atoms with Crippen molar-refractivity contribution in [2.24, 2.45) is 11.7 Å². The fourth-order valence-electron chi connectivity index (χ4n) is 2.86. The van der Waals surface area contributed by atoms with Crippen LogP contribution in [0.3, 0.4) is 0 Å². The highest BCUT2D eigenvalue weighted by molar-refractivity contribution is 5.87. The minimum atomic E-state index is -5.38. The number of nitrogens with two attached hydrogens (primary N) is 1. The average molecular weight is 387 g/mol. The summed E-state index contributed by atoms with van der Waals surface area (Å²) in [5.41, 5.74) is 5.73. The molecule has 0 aromatic rings. The second-order valence-electron chi connectivity index (χ2n) is 6.40. The van der Waals surface area contributed by atoms with Gasteiger partial charge in [0.05, 0.1) is 19.1 Å². The summed E-state index contributed by atoms with van der Waals surface area (Å²) in [4.78, 5) is 35.6. The maximum absolute atomic E-state index is 12.9. The highest BCUT2D eigenvalue weighted by Crippen LogP contribution is 2.29. The molecule has 0 spiro atoms. The summed E-state index contributed by atoms with van der Waals surface area (Å²) >= 11 is 0. The van der Waals surface area contributed by atoms with E-state index in [1.807, 2.05) is 0 Å². The molecule has 3 N–H and O–H groups in total. The maximum atomic E-state index is 12.9. The molecule has 2 aliphatic rings. The van der Waals surface area contributed by atoms with Gasteiger partial charge in [-0.3, -0.25) is 9.59 Å².